The third kappa shape index (κ3) is 1.74. The highest BCUT2D eigenvalue weighted by atomic mass is 16.4. The Morgan fingerprint density at radius 3 is 2.38 bits per heavy atom. The van der Waals surface area contributed by atoms with Gasteiger partial charge in [-0.25, -0.2) is 14.8 Å². The zero-order valence-electron chi connectivity index (χ0n) is 8.08. The van der Waals surface area contributed by atoms with Crippen LogP contribution >= 0.6 is 0 Å². The summed E-state index contributed by atoms with van der Waals surface area (Å²) < 4.78 is 0. The second-order valence-electron chi connectivity index (χ2n) is 3.27. The van der Waals surface area contributed by atoms with Crippen LogP contribution in [-0.2, 0) is 9.59 Å². The summed E-state index contributed by atoms with van der Waals surface area (Å²) in [5.41, 5.74) is -0.0678. The molecule has 0 aromatic carbocycles. The number of anilines is 1. The summed E-state index contributed by atoms with van der Waals surface area (Å²) in [6.07, 6.45) is 2.05. The van der Waals surface area contributed by atoms with Crippen molar-refractivity contribution in [3.05, 3.63) is 18.0 Å². The Hall–Kier alpha value is -2.31. The van der Waals surface area contributed by atoms with Gasteiger partial charge in [0.25, 0.3) is 0 Å². The molecule has 7 nitrogen and oxygen atoms in total. The summed E-state index contributed by atoms with van der Waals surface area (Å²) in [6.45, 7) is -0.0503. The molecule has 0 aliphatic carbocycles. The fourth-order valence-electron chi connectivity index (χ4n) is 1.34. The molecule has 1 N–H and O–H groups in total. The number of hydrogen-bond donors (Lipinski definition) is 1. The first-order chi connectivity index (χ1) is 7.58. The van der Waals surface area contributed by atoms with E-state index in [1.54, 1.807) is 0 Å². The molecule has 1 fully saturated rings. The van der Waals surface area contributed by atoms with E-state index in [0.717, 1.165) is 17.3 Å². The van der Waals surface area contributed by atoms with Crippen molar-refractivity contribution in [1.82, 2.24) is 9.97 Å². The van der Waals surface area contributed by atoms with Gasteiger partial charge < -0.3 is 5.11 Å². The Bertz CT molecular complexity index is 468. The van der Waals surface area contributed by atoms with E-state index >= 15 is 0 Å². The quantitative estimate of drug-likeness (QED) is 0.674. The third-order valence-electron chi connectivity index (χ3n) is 2.11. The van der Waals surface area contributed by atoms with E-state index < -0.39 is 5.97 Å². The number of carboxylic acids is 1. The average molecular weight is 221 g/mol. The standard InChI is InChI=1S/C9H7N3O4/c13-6-1-7(14)12(4-6)9-10-2-5(3-11-9)8(15)16/h2-3H,1,4H2,(H,15,16). The van der Waals surface area contributed by atoms with E-state index in [0.29, 0.717) is 0 Å². The van der Waals surface area contributed by atoms with Crippen LogP contribution in [0.5, 0.6) is 0 Å². The molecular formula is C9H7N3O4. The van der Waals surface area contributed by atoms with E-state index in [-0.39, 0.29) is 36.2 Å². The van der Waals surface area contributed by atoms with E-state index in [2.05, 4.69) is 9.97 Å². The van der Waals surface area contributed by atoms with Gasteiger partial charge in [0.2, 0.25) is 11.9 Å². The number of nitrogens with zero attached hydrogens (tertiary/aromatic N) is 3. The van der Waals surface area contributed by atoms with Crippen molar-refractivity contribution < 1.29 is 19.5 Å². The smallest absolute Gasteiger partial charge is 0.338 e. The lowest BCUT2D eigenvalue weighted by atomic mass is 10.3. The van der Waals surface area contributed by atoms with Crippen LogP contribution in [0.2, 0.25) is 0 Å². The zero-order valence-corrected chi connectivity index (χ0v) is 8.08. The highest BCUT2D eigenvalue weighted by Crippen LogP contribution is 2.14. The van der Waals surface area contributed by atoms with Crippen molar-refractivity contribution in [3.8, 4) is 0 Å². The van der Waals surface area contributed by atoms with Crippen LogP contribution in [0.15, 0.2) is 12.4 Å². The van der Waals surface area contributed by atoms with E-state index in [1.165, 1.54) is 0 Å². The summed E-state index contributed by atoms with van der Waals surface area (Å²) in [7, 11) is 0. The largest absolute Gasteiger partial charge is 0.478 e. The highest BCUT2D eigenvalue weighted by Gasteiger charge is 2.30. The van der Waals surface area contributed by atoms with Gasteiger partial charge in [-0.05, 0) is 0 Å². The maximum Gasteiger partial charge on any atom is 0.338 e. The molecule has 82 valence electrons. The van der Waals surface area contributed by atoms with Gasteiger partial charge >= 0.3 is 5.97 Å². The minimum atomic E-state index is -1.14. The number of rotatable bonds is 2. The second kappa shape index (κ2) is 3.69. The number of aromatic carboxylic acids is 1. The SMILES string of the molecule is O=C1CC(=O)N(c2ncc(C(=O)O)cn2)C1. The number of carbonyl (C=O) groups is 3. The van der Waals surface area contributed by atoms with E-state index in [4.69, 9.17) is 5.11 Å². The molecule has 1 aliphatic heterocycles. The molecule has 1 aromatic rings. The fourth-order valence-corrected chi connectivity index (χ4v) is 1.34. The molecule has 2 rings (SSSR count). The normalized spacial score (nSPS) is 15.6. The lowest BCUT2D eigenvalue weighted by molar-refractivity contribution is -0.121. The number of carbonyl (C=O) groups excluding carboxylic acids is 2. The molecule has 0 saturated carbocycles. The fraction of sp³-hybridized carbons (Fsp3) is 0.222. The van der Waals surface area contributed by atoms with Crippen LogP contribution in [0.1, 0.15) is 16.8 Å². The molecule has 1 saturated heterocycles. The number of aromatic nitrogens is 2. The van der Waals surface area contributed by atoms with Crippen LogP contribution < -0.4 is 4.90 Å². The second-order valence-corrected chi connectivity index (χ2v) is 3.27. The molecular weight excluding hydrogens is 214 g/mol. The Morgan fingerprint density at radius 2 is 1.94 bits per heavy atom. The predicted octanol–water partition coefficient (Wildman–Crippen LogP) is -0.519. The van der Waals surface area contributed by atoms with E-state index in [1.807, 2.05) is 0 Å². The molecule has 16 heavy (non-hydrogen) atoms. The van der Waals surface area contributed by atoms with Gasteiger partial charge in [0.15, 0.2) is 5.78 Å². The number of ketones is 1. The minimum Gasteiger partial charge on any atom is -0.478 e. The molecule has 0 unspecified atom stereocenters. The van der Waals surface area contributed by atoms with Crippen molar-refractivity contribution in [1.29, 1.82) is 0 Å². The molecule has 7 heteroatoms. The highest BCUT2D eigenvalue weighted by molar-refractivity contribution is 6.14. The summed E-state index contributed by atoms with van der Waals surface area (Å²) >= 11 is 0. The van der Waals surface area contributed by atoms with Crippen molar-refractivity contribution >= 4 is 23.6 Å². The molecule has 0 radical (unpaired) electrons. The topological polar surface area (TPSA) is 100 Å². The van der Waals surface area contributed by atoms with Crippen LogP contribution in [0.4, 0.5) is 5.95 Å². The van der Waals surface area contributed by atoms with Gasteiger partial charge in [-0.15, -0.1) is 0 Å². The van der Waals surface area contributed by atoms with Gasteiger partial charge in [-0.1, -0.05) is 0 Å². The van der Waals surface area contributed by atoms with Crippen molar-refractivity contribution in [2.75, 3.05) is 11.4 Å². The first-order valence-corrected chi connectivity index (χ1v) is 4.45. The molecule has 0 bridgehead atoms. The average Bonchev–Trinajstić information content (AvgIpc) is 2.58. The summed E-state index contributed by atoms with van der Waals surface area (Å²) in [5, 5.41) is 8.62. The lowest BCUT2D eigenvalue weighted by Crippen LogP contribution is -2.26. The number of Topliss-reactive ketones (excluding diaryl/α,β-unsaturated/α-hetero) is 1. The number of carboxylic acid groups (broad SMARTS) is 1. The van der Waals surface area contributed by atoms with E-state index in [9.17, 15) is 14.4 Å². The Balaban J connectivity index is 2.25. The molecule has 1 amide bonds. The first-order valence-electron chi connectivity index (χ1n) is 4.45. The molecule has 0 spiro atoms. The van der Waals surface area contributed by atoms with Crippen molar-refractivity contribution in [2.24, 2.45) is 0 Å². The number of amides is 1. The van der Waals surface area contributed by atoms with Gasteiger partial charge in [-0.2, -0.15) is 0 Å². The predicted molar refractivity (Wildman–Crippen MR) is 51.0 cm³/mol. The van der Waals surface area contributed by atoms with Crippen molar-refractivity contribution in [3.63, 3.8) is 0 Å². The summed E-state index contributed by atoms with van der Waals surface area (Å²) in [6, 6.07) is 0. The maximum absolute atomic E-state index is 11.3. The third-order valence-corrected chi connectivity index (χ3v) is 2.11. The van der Waals surface area contributed by atoms with Gasteiger partial charge in [-0.3, -0.25) is 14.5 Å². The number of hydrogen-bond acceptors (Lipinski definition) is 5. The van der Waals surface area contributed by atoms with Crippen LogP contribution in [0.25, 0.3) is 0 Å². The summed E-state index contributed by atoms with van der Waals surface area (Å²) in [5.74, 6) is -1.65. The van der Waals surface area contributed by atoms with Crippen molar-refractivity contribution in [2.45, 2.75) is 6.42 Å². The van der Waals surface area contributed by atoms with Gasteiger partial charge in [0.05, 0.1) is 18.5 Å². The lowest BCUT2D eigenvalue weighted by Gasteiger charge is -2.11. The van der Waals surface area contributed by atoms with Crippen LogP contribution in [-0.4, -0.2) is 39.3 Å². The Labute approximate surface area is 89.7 Å². The van der Waals surface area contributed by atoms with Crippen LogP contribution in [0, 0.1) is 0 Å². The van der Waals surface area contributed by atoms with Gasteiger partial charge in [0, 0.05) is 12.4 Å². The molecule has 0 atom stereocenters. The monoisotopic (exact) mass is 221 g/mol. The maximum atomic E-state index is 11.3. The summed E-state index contributed by atoms with van der Waals surface area (Å²) in [4.78, 5) is 41.4. The molecule has 1 aliphatic rings. The first kappa shape index (κ1) is 10.2. The molecule has 2 heterocycles. The molecule has 1 aromatic heterocycles. The minimum absolute atomic E-state index is 0.0503. The zero-order chi connectivity index (χ0) is 11.7. The Morgan fingerprint density at radius 1 is 1.31 bits per heavy atom. The van der Waals surface area contributed by atoms with Crippen LogP contribution in [0.3, 0.4) is 0 Å². The Kier molecular flexibility index (Phi) is 2.35. The van der Waals surface area contributed by atoms with Gasteiger partial charge in [0.1, 0.15) is 0 Å².